The van der Waals surface area contributed by atoms with Gasteiger partial charge in [0, 0.05) is 0 Å². The number of hydrogen-bond donors (Lipinski definition) is 7. The maximum atomic E-state index is 13.0. The van der Waals surface area contributed by atoms with Crippen molar-refractivity contribution in [1.82, 2.24) is 5.32 Å². The van der Waals surface area contributed by atoms with Crippen LogP contribution in [0.2, 0.25) is 0 Å². The SMILES string of the molecule is CCCCC/C=C\C/C=C\CCCCCCCCC(O)C(=O)NC(COC1OC(CO)C(O)C(O)C1O)C(O)/C=C/CC/C=C/CC/C=C/CCCCCC. The number of aliphatic hydroxyl groups is 6. The lowest BCUT2D eigenvalue weighted by atomic mass is 9.99. The van der Waals surface area contributed by atoms with Crippen LogP contribution in [0.4, 0.5) is 0 Å². The van der Waals surface area contributed by atoms with E-state index in [9.17, 15) is 35.4 Å². The summed E-state index contributed by atoms with van der Waals surface area (Å²) in [4.78, 5) is 13.0. The van der Waals surface area contributed by atoms with Gasteiger partial charge in [-0.3, -0.25) is 4.79 Å². The molecule has 0 spiro atoms. The molecule has 8 atom stereocenters. The zero-order valence-corrected chi connectivity index (χ0v) is 34.3. The summed E-state index contributed by atoms with van der Waals surface area (Å²) in [5.41, 5.74) is 0. The van der Waals surface area contributed by atoms with E-state index in [0.717, 1.165) is 70.6 Å². The summed E-state index contributed by atoms with van der Waals surface area (Å²) in [5, 5.41) is 64.5. The third-order valence-electron chi connectivity index (χ3n) is 9.90. The van der Waals surface area contributed by atoms with Crippen LogP contribution in [0.1, 0.15) is 155 Å². The third kappa shape index (κ3) is 25.7. The number of amides is 1. The lowest BCUT2D eigenvalue weighted by Crippen LogP contribution is -2.60. The molecule has 1 heterocycles. The Labute approximate surface area is 333 Å². The van der Waals surface area contributed by atoms with Crippen molar-refractivity contribution in [3.8, 4) is 0 Å². The normalized spacial score (nSPS) is 22.5. The number of aliphatic hydroxyl groups excluding tert-OH is 6. The summed E-state index contributed by atoms with van der Waals surface area (Å²) in [5.74, 6) is -0.643. The molecule has 55 heavy (non-hydrogen) atoms. The number of hydrogen-bond acceptors (Lipinski definition) is 9. The minimum absolute atomic E-state index is 0.286. The summed E-state index contributed by atoms with van der Waals surface area (Å²) in [6, 6.07) is -1.01. The van der Waals surface area contributed by atoms with E-state index in [1.54, 1.807) is 6.08 Å². The van der Waals surface area contributed by atoms with Gasteiger partial charge in [-0.05, 0) is 77.0 Å². The Kier molecular flexibility index (Phi) is 32.4. The fraction of sp³-hybridized carbons (Fsp3) is 0.756. The molecule has 0 aromatic carbocycles. The Balaban J connectivity index is 2.51. The number of unbranched alkanes of at least 4 members (excludes halogenated alkanes) is 15. The van der Waals surface area contributed by atoms with Gasteiger partial charge in [0.2, 0.25) is 5.91 Å². The monoisotopic (exact) mass is 778 g/mol. The Morgan fingerprint density at radius 2 is 1.13 bits per heavy atom. The third-order valence-corrected chi connectivity index (χ3v) is 9.90. The number of allylic oxidation sites excluding steroid dienone is 9. The summed E-state index contributed by atoms with van der Waals surface area (Å²) in [7, 11) is 0. The first-order chi connectivity index (χ1) is 26.8. The van der Waals surface area contributed by atoms with Crippen LogP contribution < -0.4 is 5.32 Å². The van der Waals surface area contributed by atoms with E-state index in [0.29, 0.717) is 12.8 Å². The predicted octanol–water partition coefficient (Wildman–Crippen LogP) is 7.41. The minimum atomic E-state index is -1.62. The molecule has 0 aliphatic carbocycles. The molecular weight excluding hydrogens is 698 g/mol. The van der Waals surface area contributed by atoms with Gasteiger partial charge in [-0.15, -0.1) is 0 Å². The highest BCUT2D eigenvalue weighted by Crippen LogP contribution is 2.22. The van der Waals surface area contributed by atoms with E-state index in [1.165, 1.54) is 51.4 Å². The standard InChI is InChI=1S/C45H79NO9/c1-3-5-7-9-11-13-15-17-19-20-22-24-26-28-30-32-34-39(49)44(53)46-37(36-54-45-43(52)42(51)41(50)40(35-47)55-45)38(48)33-31-29-27-25-23-21-18-16-14-12-10-8-6-4-2/h11,13-14,16-17,19,23,25,31,33,37-43,45,47-52H,3-10,12,15,18,20-22,24,26-30,32,34-36H2,1-2H3,(H,46,53)/b13-11-,16-14+,19-17-,25-23+,33-31+. The molecule has 1 aliphatic rings. The van der Waals surface area contributed by atoms with Crippen molar-refractivity contribution in [2.24, 2.45) is 0 Å². The van der Waals surface area contributed by atoms with Crippen molar-refractivity contribution in [3.63, 3.8) is 0 Å². The average Bonchev–Trinajstić information content (AvgIpc) is 3.18. The quantitative estimate of drug-likeness (QED) is 0.0260. The average molecular weight is 778 g/mol. The fourth-order valence-electron chi connectivity index (χ4n) is 6.28. The molecule has 1 rings (SSSR count). The van der Waals surface area contributed by atoms with Gasteiger partial charge < -0.3 is 45.4 Å². The van der Waals surface area contributed by atoms with Crippen molar-refractivity contribution in [1.29, 1.82) is 0 Å². The van der Waals surface area contributed by atoms with Crippen LogP contribution >= 0.6 is 0 Å². The highest BCUT2D eigenvalue weighted by molar-refractivity contribution is 5.80. The molecule has 10 nitrogen and oxygen atoms in total. The van der Waals surface area contributed by atoms with E-state index in [-0.39, 0.29) is 13.0 Å². The maximum Gasteiger partial charge on any atom is 0.249 e. The van der Waals surface area contributed by atoms with Gasteiger partial charge in [0.05, 0.1) is 25.4 Å². The smallest absolute Gasteiger partial charge is 0.249 e. The van der Waals surface area contributed by atoms with E-state index in [1.807, 2.05) is 6.08 Å². The second-order valence-electron chi connectivity index (χ2n) is 14.9. The Morgan fingerprint density at radius 3 is 1.73 bits per heavy atom. The van der Waals surface area contributed by atoms with Gasteiger partial charge in [-0.25, -0.2) is 0 Å². The summed E-state index contributed by atoms with van der Waals surface area (Å²) in [6.45, 7) is 3.50. The lowest BCUT2D eigenvalue weighted by Gasteiger charge is -2.40. The van der Waals surface area contributed by atoms with E-state index < -0.39 is 61.5 Å². The highest BCUT2D eigenvalue weighted by atomic mass is 16.7. The molecule has 8 unspecified atom stereocenters. The van der Waals surface area contributed by atoms with Crippen LogP contribution in [-0.4, -0.2) is 98.7 Å². The molecule has 318 valence electrons. The number of nitrogens with one attached hydrogen (secondary N) is 1. The van der Waals surface area contributed by atoms with Gasteiger partial charge in [0.1, 0.15) is 30.5 Å². The predicted molar refractivity (Wildman–Crippen MR) is 222 cm³/mol. The molecular formula is C45H79NO9. The molecule has 1 saturated heterocycles. The van der Waals surface area contributed by atoms with Gasteiger partial charge in [0.15, 0.2) is 6.29 Å². The van der Waals surface area contributed by atoms with Crippen LogP contribution in [0.5, 0.6) is 0 Å². The van der Waals surface area contributed by atoms with Crippen LogP contribution in [0.25, 0.3) is 0 Å². The second kappa shape index (κ2) is 35.0. The molecule has 0 aromatic rings. The fourth-order valence-corrected chi connectivity index (χ4v) is 6.28. The topological polar surface area (TPSA) is 169 Å². The molecule has 0 aromatic heterocycles. The van der Waals surface area contributed by atoms with Gasteiger partial charge in [0.25, 0.3) is 0 Å². The molecule has 7 N–H and O–H groups in total. The first-order valence-corrected chi connectivity index (χ1v) is 21.6. The molecule has 1 aliphatic heterocycles. The zero-order valence-electron chi connectivity index (χ0n) is 34.3. The molecule has 0 radical (unpaired) electrons. The summed E-state index contributed by atoms with van der Waals surface area (Å²) < 4.78 is 11.1. The van der Waals surface area contributed by atoms with Crippen molar-refractivity contribution >= 4 is 5.91 Å². The number of ether oxygens (including phenoxy) is 2. The molecule has 1 fully saturated rings. The highest BCUT2D eigenvalue weighted by Gasteiger charge is 2.44. The first kappa shape index (κ1) is 50.9. The summed E-state index contributed by atoms with van der Waals surface area (Å²) in [6.07, 6.45) is 34.4. The van der Waals surface area contributed by atoms with E-state index in [2.05, 4.69) is 67.8 Å². The number of rotatable bonds is 34. The Bertz CT molecular complexity index is 1060. The molecule has 0 saturated carbocycles. The minimum Gasteiger partial charge on any atom is -0.394 e. The Morgan fingerprint density at radius 1 is 0.636 bits per heavy atom. The van der Waals surface area contributed by atoms with Crippen molar-refractivity contribution in [2.45, 2.75) is 204 Å². The van der Waals surface area contributed by atoms with E-state index >= 15 is 0 Å². The lowest BCUT2D eigenvalue weighted by molar-refractivity contribution is -0.302. The van der Waals surface area contributed by atoms with Gasteiger partial charge in [-0.1, -0.05) is 139 Å². The van der Waals surface area contributed by atoms with Crippen molar-refractivity contribution in [2.75, 3.05) is 13.2 Å². The van der Waals surface area contributed by atoms with Crippen molar-refractivity contribution in [3.05, 3.63) is 60.8 Å². The summed E-state index contributed by atoms with van der Waals surface area (Å²) >= 11 is 0. The van der Waals surface area contributed by atoms with E-state index in [4.69, 9.17) is 9.47 Å². The number of carbonyl (C=O) groups is 1. The number of carbonyl (C=O) groups excluding carboxylic acids is 1. The maximum absolute atomic E-state index is 13.0. The zero-order chi connectivity index (χ0) is 40.4. The molecule has 1 amide bonds. The van der Waals surface area contributed by atoms with Crippen molar-refractivity contribution < 1.29 is 44.9 Å². The van der Waals surface area contributed by atoms with Gasteiger partial charge >= 0.3 is 0 Å². The van der Waals surface area contributed by atoms with Crippen LogP contribution in [0, 0.1) is 0 Å². The van der Waals surface area contributed by atoms with Crippen LogP contribution in [0.3, 0.4) is 0 Å². The molecule has 10 heteroatoms. The van der Waals surface area contributed by atoms with Gasteiger partial charge in [-0.2, -0.15) is 0 Å². The van der Waals surface area contributed by atoms with Crippen LogP contribution in [-0.2, 0) is 14.3 Å². The second-order valence-corrected chi connectivity index (χ2v) is 14.9. The largest absolute Gasteiger partial charge is 0.394 e. The first-order valence-electron chi connectivity index (χ1n) is 21.6. The molecule has 0 bridgehead atoms. The van der Waals surface area contributed by atoms with Crippen LogP contribution in [0.15, 0.2) is 60.8 Å². The Hall–Kier alpha value is -2.15.